The number of rotatable bonds is 6. The molecule has 0 bridgehead atoms. The summed E-state index contributed by atoms with van der Waals surface area (Å²) in [4.78, 5) is 17.6. The lowest BCUT2D eigenvalue weighted by atomic mass is 10.2. The standard InChI is InChI=1S/C21H23N3O5S2/c1-23-16-11-17(28-3)18(29-4)12-19(16)30-21(23)22-20(25)13-5-9-15(10-6-13)31(26,27)24(2)14-7-8-14/h5-6,9-12,14H,7-8H2,1-4H3. The fraction of sp³-hybridized carbons (Fsp3) is 0.333. The lowest BCUT2D eigenvalue weighted by Crippen LogP contribution is -2.28. The third kappa shape index (κ3) is 3.98. The molecule has 4 rings (SSSR count). The van der Waals surface area contributed by atoms with Gasteiger partial charge in [0.25, 0.3) is 5.91 Å². The predicted molar refractivity (Wildman–Crippen MR) is 118 cm³/mol. The Balaban J connectivity index is 1.65. The molecule has 1 aromatic heterocycles. The van der Waals surface area contributed by atoms with Gasteiger partial charge >= 0.3 is 0 Å². The quantitative estimate of drug-likeness (QED) is 0.563. The molecule has 1 amide bonds. The number of nitrogens with zero attached hydrogens (tertiary/aromatic N) is 3. The van der Waals surface area contributed by atoms with Gasteiger partial charge in [-0.1, -0.05) is 11.3 Å². The molecule has 1 heterocycles. The zero-order valence-electron chi connectivity index (χ0n) is 17.7. The van der Waals surface area contributed by atoms with Gasteiger partial charge in [-0.25, -0.2) is 8.42 Å². The fourth-order valence-electron chi connectivity index (χ4n) is 3.28. The van der Waals surface area contributed by atoms with Crippen LogP contribution >= 0.6 is 11.3 Å². The van der Waals surface area contributed by atoms with Crippen LogP contribution in [-0.2, 0) is 17.1 Å². The number of methoxy groups -OCH3 is 2. The Morgan fingerprint density at radius 3 is 2.32 bits per heavy atom. The summed E-state index contributed by atoms with van der Waals surface area (Å²) in [6.07, 6.45) is 1.77. The van der Waals surface area contributed by atoms with E-state index in [0.717, 1.165) is 23.1 Å². The zero-order chi connectivity index (χ0) is 22.3. The normalized spacial score (nSPS) is 14.9. The Kier molecular flexibility index (Phi) is 5.63. The highest BCUT2D eigenvalue weighted by Crippen LogP contribution is 2.33. The molecule has 164 valence electrons. The fourth-order valence-corrected chi connectivity index (χ4v) is 5.73. The summed E-state index contributed by atoms with van der Waals surface area (Å²) in [5, 5.41) is 0. The van der Waals surface area contributed by atoms with E-state index < -0.39 is 15.9 Å². The van der Waals surface area contributed by atoms with Crippen LogP contribution < -0.4 is 14.3 Å². The molecule has 0 spiro atoms. The van der Waals surface area contributed by atoms with E-state index in [1.807, 2.05) is 23.7 Å². The minimum Gasteiger partial charge on any atom is -0.493 e. The molecule has 8 nitrogen and oxygen atoms in total. The van der Waals surface area contributed by atoms with E-state index in [2.05, 4.69) is 4.99 Å². The molecular weight excluding hydrogens is 438 g/mol. The van der Waals surface area contributed by atoms with Crippen LogP contribution in [-0.4, -0.2) is 50.5 Å². The van der Waals surface area contributed by atoms with Gasteiger partial charge in [-0.3, -0.25) is 4.79 Å². The number of fused-ring (bicyclic) bond motifs is 1. The van der Waals surface area contributed by atoms with Gasteiger partial charge in [0.15, 0.2) is 16.3 Å². The number of hydrogen-bond donors (Lipinski definition) is 0. The van der Waals surface area contributed by atoms with Crippen LogP contribution in [0, 0.1) is 0 Å². The summed E-state index contributed by atoms with van der Waals surface area (Å²) in [6.45, 7) is 0. The molecule has 0 saturated heterocycles. The van der Waals surface area contributed by atoms with Crippen LogP contribution in [0.2, 0.25) is 0 Å². The van der Waals surface area contributed by atoms with Gasteiger partial charge in [-0.2, -0.15) is 9.30 Å². The molecule has 2 aromatic carbocycles. The van der Waals surface area contributed by atoms with Crippen molar-refractivity contribution in [1.29, 1.82) is 0 Å². The van der Waals surface area contributed by atoms with Crippen molar-refractivity contribution in [2.45, 2.75) is 23.8 Å². The first kappa shape index (κ1) is 21.5. The average Bonchev–Trinajstić information content (AvgIpc) is 3.58. The van der Waals surface area contributed by atoms with E-state index in [1.165, 1.54) is 39.9 Å². The SMILES string of the molecule is COc1cc2sc(=NC(=O)c3ccc(S(=O)(=O)N(C)C4CC4)cc3)n(C)c2cc1OC. The highest BCUT2D eigenvalue weighted by Gasteiger charge is 2.35. The molecule has 3 aromatic rings. The summed E-state index contributed by atoms with van der Waals surface area (Å²) in [5.74, 6) is 0.748. The molecule has 31 heavy (non-hydrogen) atoms. The minimum absolute atomic E-state index is 0.0755. The van der Waals surface area contributed by atoms with Crippen LogP contribution in [0.25, 0.3) is 10.2 Å². The lowest BCUT2D eigenvalue weighted by molar-refractivity contribution is 0.0998. The lowest BCUT2D eigenvalue weighted by Gasteiger charge is -2.16. The topological polar surface area (TPSA) is 90.2 Å². The van der Waals surface area contributed by atoms with Crippen molar-refractivity contribution >= 4 is 37.5 Å². The van der Waals surface area contributed by atoms with Crippen LogP contribution in [0.15, 0.2) is 46.3 Å². The Hall–Kier alpha value is -2.69. The third-order valence-electron chi connectivity index (χ3n) is 5.35. The molecule has 1 fully saturated rings. The number of thiazole rings is 1. The molecule has 0 aliphatic heterocycles. The number of aryl methyl sites for hydroxylation is 1. The van der Waals surface area contributed by atoms with Gasteiger partial charge < -0.3 is 14.0 Å². The van der Waals surface area contributed by atoms with Crippen molar-refractivity contribution < 1.29 is 22.7 Å². The Morgan fingerprint density at radius 1 is 1.13 bits per heavy atom. The Morgan fingerprint density at radius 2 is 1.74 bits per heavy atom. The number of sulfonamides is 1. The van der Waals surface area contributed by atoms with E-state index in [0.29, 0.717) is 21.9 Å². The molecule has 0 radical (unpaired) electrons. The first-order valence-electron chi connectivity index (χ1n) is 9.65. The number of carbonyl (C=O) groups is 1. The average molecular weight is 462 g/mol. The van der Waals surface area contributed by atoms with Gasteiger partial charge in [-0.15, -0.1) is 0 Å². The van der Waals surface area contributed by atoms with Crippen LogP contribution in [0.4, 0.5) is 0 Å². The van der Waals surface area contributed by atoms with Crippen molar-refractivity contribution in [3.63, 3.8) is 0 Å². The van der Waals surface area contributed by atoms with E-state index in [9.17, 15) is 13.2 Å². The first-order chi connectivity index (χ1) is 14.8. The van der Waals surface area contributed by atoms with Crippen molar-refractivity contribution in [2.24, 2.45) is 12.0 Å². The molecule has 0 N–H and O–H groups in total. The number of ether oxygens (including phenoxy) is 2. The maximum absolute atomic E-state index is 12.7. The highest BCUT2D eigenvalue weighted by atomic mass is 32.2. The number of aromatic nitrogens is 1. The number of carbonyl (C=O) groups excluding carboxylic acids is 1. The van der Waals surface area contributed by atoms with Crippen LogP contribution in [0.1, 0.15) is 23.2 Å². The Labute approximate surface area is 184 Å². The zero-order valence-corrected chi connectivity index (χ0v) is 19.3. The second kappa shape index (κ2) is 8.10. The summed E-state index contributed by atoms with van der Waals surface area (Å²) in [6, 6.07) is 9.67. The number of amides is 1. The van der Waals surface area contributed by atoms with Crippen LogP contribution in [0.3, 0.4) is 0 Å². The van der Waals surface area contributed by atoms with E-state index in [4.69, 9.17) is 9.47 Å². The first-order valence-corrected chi connectivity index (χ1v) is 11.9. The van der Waals surface area contributed by atoms with E-state index >= 15 is 0 Å². The summed E-state index contributed by atoms with van der Waals surface area (Å²) >= 11 is 1.35. The predicted octanol–water partition coefficient (Wildman–Crippen LogP) is 2.78. The van der Waals surface area contributed by atoms with Crippen LogP contribution in [0.5, 0.6) is 11.5 Å². The molecule has 10 heteroatoms. The largest absolute Gasteiger partial charge is 0.493 e. The van der Waals surface area contributed by atoms with Crippen molar-refractivity contribution in [2.75, 3.05) is 21.3 Å². The molecule has 1 aliphatic rings. The maximum atomic E-state index is 12.7. The monoisotopic (exact) mass is 461 g/mol. The molecule has 0 unspecified atom stereocenters. The minimum atomic E-state index is -3.55. The van der Waals surface area contributed by atoms with Gasteiger partial charge in [-0.05, 0) is 37.1 Å². The summed E-state index contributed by atoms with van der Waals surface area (Å²) in [5.41, 5.74) is 1.18. The van der Waals surface area contributed by atoms with Gasteiger partial charge in [0.2, 0.25) is 10.0 Å². The van der Waals surface area contributed by atoms with Gasteiger partial charge in [0.1, 0.15) is 0 Å². The molecule has 1 saturated carbocycles. The van der Waals surface area contributed by atoms with Gasteiger partial charge in [0, 0.05) is 37.8 Å². The number of hydrogen-bond acceptors (Lipinski definition) is 6. The maximum Gasteiger partial charge on any atom is 0.279 e. The second-order valence-corrected chi connectivity index (χ2v) is 10.3. The van der Waals surface area contributed by atoms with E-state index in [-0.39, 0.29) is 10.9 Å². The Bertz CT molecular complexity index is 1320. The van der Waals surface area contributed by atoms with Crippen molar-refractivity contribution in [3.8, 4) is 11.5 Å². The third-order valence-corrected chi connectivity index (χ3v) is 8.37. The summed E-state index contributed by atoms with van der Waals surface area (Å²) in [7, 11) is 3.00. The molecular formula is C21H23N3O5S2. The van der Waals surface area contributed by atoms with Crippen molar-refractivity contribution in [3.05, 3.63) is 46.8 Å². The smallest absolute Gasteiger partial charge is 0.279 e. The van der Waals surface area contributed by atoms with Gasteiger partial charge in [0.05, 0.1) is 29.3 Å². The van der Waals surface area contributed by atoms with Crippen molar-refractivity contribution in [1.82, 2.24) is 8.87 Å². The highest BCUT2D eigenvalue weighted by molar-refractivity contribution is 7.89. The van der Waals surface area contributed by atoms with E-state index in [1.54, 1.807) is 21.3 Å². The molecule has 0 atom stereocenters. The number of benzene rings is 2. The summed E-state index contributed by atoms with van der Waals surface area (Å²) < 4.78 is 40.1. The molecule has 1 aliphatic carbocycles. The second-order valence-electron chi connectivity index (χ2n) is 7.31.